The molecule has 0 fully saturated rings. The van der Waals surface area contributed by atoms with Crippen LogP contribution in [-0.2, 0) is 0 Å². The molecule has 2 aromatic carbocycles. The highest BCUT2D eigenvalue weighted by Crippen LogP contribution is 2.24. The maximum atomic E-state index is 9.57. The van der Waals surface area contributed by atoms with Gasteiger partial charge in [-0.15, -0.1) is 0 Å². The quantitative estimate of drug-likeness (QED) is 0.849. The smallest absolute Gasteiger partial charge is 0.120 e. The summed E-state index contributed by atoms with van der Waals surface area (Å²) in [5.41, 5.74) is 1.90. The molecule has 0 aliphatic heterocycles. The standard InChI is InChI=1S/C16H19NO3/c1-19-14-8-6-12(7-9-14)16(11-18)17-13-4-3-5-15(10-13)20-2/h3-10,16-18H,11H2,1-2H3. The molecule has 0 spiro atoms. The summed E-state index contributed by atoms with van der Waals surface area (Å²) in [6, 6.07) is 15.1. The van der Waals surface area contributed by atoms with Crippen LogP contribution >= 0.6 is 0 Å². The molecular weight excluding hydrogens is 254 g/mol. The fraction of sp³-hybridized carbons (Fsp3) is 0.250. The molecule has 0 bridgehead atoms. The maximum Gasteiger partial charge on any atom is 0.120 e. The number of hydrogen-bond acceptors (Lipinski definition) is 4. The van der Waals surface area contributed by atoms with Gasteiger partial charge in [0.2, 0.25) is 0 Å². The van der Waals surface area contributed by atoms with Crippen molar-refractivity contribution in [2.45, 2.75) is 6.04 Å². The Kier molecular flexibility index (Phi) is 4.85. The predicted molar refractivity (Wildman–Crippen MR) is 79.4 cm³/mol. The second kappa shape index (κ2) is 6.82. The average Bonchev–Trinajstić information content (AvgIpc) is 2.53. The van der Waals surface area contributed by atoms with Crippen molar-refractivity contribution in [2.75, 3.05) is 26.1 Å². The van der Waals surface area contributed by atoms with Gasteiger partial charge in [0.15, 0.2) is 0 Å². The monoisotopic (exact) mass is 273 g/mol. The number of ether oxygens (including phenoxy) is 2. The second-order valence-electron chi connectivity index (χ2n) is 4.38. The van der Waals surface area contributed by atoms with Crippen LogP contribution in [0.5, 0.6) is 11.5 Å². The van der Waals surface area contributed by atoms with Gasteiger partial charge in [-0.3, -0.25) is 0 Å². The Labute approximate surface area is 119 Å². The normalized spacial score (nSPS) is 11.8. The average molecular weight is 273 g/mol. The first-order valence-corrected chi connectivity index (χ1v) is 6.42. The first-order chi connectivity index (χ1) is 9.76. The molecule has 0 radical (unpaired) electrons. The lowest BCUT2D eigenvalue weighted by Gasteiger charge is -2.18. The van der Waals surface area contributed by atoms with Crippen LogP contribution in [0.3, 0.4) is 0 Å². The number of aliphatic hydroxyl groups is 1. The first-order valence-electron chi connectivity index (χ1n) is 6.42. The van der Waals surface area contributed by atoms with Crippen molar-refractivity contribution in [1.29, 1.82) is 0 Å². The van der Waals surface area contributed by atoms with Gasteiger partial charge in [-0.25, -0.2) is 0 Å². The van der Waals surface area contributed by atoms with Crippen molar-refractivity contribution in [3.63, 3.8) is 0 Å². The molecule has 0 aliphatic rings. The van der Waals surface area contributed by atoms with E-state index in [4.69, 9.17) is 9.47 Å². The lowest BCUT2D eigenvalue weighted by Crippen LogP contribution is -2.14. The minimum atomic E-state index is -0.173. The molecule has 0 heterocycles. The van der Waals surface area contributed by atoms with Gasteiger partial charge in [-0.05, 0) is 29.8 Å². The highest BCUT2D eigenvalue weighted by molar-refractivity contribution is 5.50. The van der Waals surface area contributed by atoms with E-state index in [1.807, 2.05) is 48.5 Å². The summed E-state index contributed by atoms with van der Waals surface area (Å²) in [4.78, 5) is 0. The van der Waals surface area contributed by atoms with Gasteiger partial charge in [-0.2, -0.15) is 0 Å². The van der Waals surface area contributed by atoms with Crippen LogP contribution in [-0.4, -0.2) is 25.9 Å². The van der Waals surface area contributed by atoms with E-state index in [1.54, 1.807) is 14.2 Å². The highest BCUT2D eigenvalue weighted by atomic mass is 16.5. The molecule has 1 atom stereocenters. The lowest BCUT2D eigenvalue weighted by atomic mass is 10.1. The van der Waals surface area contributed by atoms with Gasteiger partial charge in [0.05, 0.1) is 26.9 Å². The molecule has 2 aromatic rings. The van der Waals surface area contributed by atoms with Crippen molar-refractivity contribution >= 4 is 5.69 Å². The zero-order valence-electron chi connectivity index (χ0n) is 11.7. The van der Waals surface area contributed by atoms with E-state index in [1.165, 1.54) is 0 Å². The van der Waals surface area contributed by atoms with E-state index in [0.29, 0.717) is 0 Å². The molecule has 0 saturated carbocycles. The van der Waals surface area contributed by atoms with Gasteiger partial charge >= 0.3 is 0 Å². The molecule has 2 rings (SSSR count). The van der Waals surface area contributed by atoms with Crippen LogP contribution in [0.2, 0.25) is 0 Å². The molecule has 1 unspecified atom stereocenters. The van der Waals surface area contributed by atoms with Crippen LogP contribution in [0.4, 0.5) is 5.69 Å². The molecule has 0 amide bonds. The largest absolute Gasteiger partial charge is 0.497 e. The fourth-order valence-electron chi connectivity index (χ4n) is 1.98. The Morgan fingerprint density at radius 3 is 2.30 bits per heavy atom. The molecule has 0 aliphatic carbocycles. The number of benzene rings is 2. The van der Waals surface area contributed by atoms with Gasteiger partial charge < -0.3 is 19.9 Å². The van der Waals surface area contributed by atoms with E-state index in [-0.39, 0.29) is 12.6 Å². The Morgan fingerprint density at radius 2 is 1.70 bits per heavy atom. The molecular formula is C16H19NO3. The Morgan fingerprint density at radius 1 is 1.00 bits per heavy atom. The van der Waals surface area contributed by atoms with Gasteiger partial charge in [0.25, 0.3) is 0 Å². The van der Waals surface area contributed by atoms with Crippen LogP contribution in [0.1, 0.15) is 11.6 Å². The number of aliphatic hydroxyl groups excluding tert-OH is 1. The summed E-state index contributed by atoms with van der Waals surface area (Å²) in [6.45, 7) is 0.00351. The third-order valence-electron chi connectivity index (χ3n) is 3.11. The summed E-state index contributed by atoms with van der Waals surface area (Å²) in [5.74, 6) is 1.58. The third-order valence-corrected chi connectivity index (χ3v) is 3.11. The van der Waals surface area contributed by atoms with Gasteiger partial charge in [-0.1, -0.05) is 18.2 Å². The highest BCUT2D eigenvalue weighted by Gasteiger charge is 2.10. The zero-order chi connectivity index (χ0) is 14.4. The van der Waals surface area contributed by atoms with Gasteiger partial charge in [0.1, 0.15) is 11.5 Å². The van der Waals surface area contributed by atoms with Crippen LogP contribution < -0.4 is 14.8 Å². The van der Waals surface area contributed by atoms with Crippen molar-refractivity contribution in [3.8, 4) is 11.5 Å². The topological polar surface area (TPSA) is 50.7 Å². The van der Waals surface area contributed by atoms with Crippen molar-refractivity contribution in [1.82, 2.24) is 0 Å². The fourth-order valence-corrected chi connectivity index (χ4v) is 1.98. The van der Waals surface area contributed by atoms with Crippen LogP contribution in [0, 0.1) is 0 Å². The molecule has 2 N–H and O–H groups in total. The molecule has 0 saturated heterocycles. The molecule has 0 aromatic heterocycles. The van der Waals surface area contributed by atoms with E-state index < -0.39 is 0 Å². The molecule has 106 valence electrons. The predicted octanol–water partition coefficient (Wildman–Crippen LogP) is 2.85. The van der Waals surface area contributed by atoms with E-state index >= 15 is 0 Å². The molecule has 4 nitrogen and oxygen atoms in total. The van der Waals surface area contributed by atoms with Crippen molar-refractivity contribution in [3.05, 3.63) is 54.1 Å². The molecule has 20 heavy (non-hydrogen) atoms. The van der Waals surface area contributed by atoms with Crippen LogP contribution in [0.15, 0.2) is 48.5 Å². The number of nitrogens with one attached hydrogen (secondary N) is 1. The van der Waals surface area contributed by atoms with Crippen molar-refractivity contribution in [2.24, 2.45) is 0 Å². The minimum absolute atomic E-state index is 0.00351. The second-order valence-corrected chi connectivity index (χ2v) is 4.38. The summed E-state index contributed by atoms with van der Waals surface area (Å²) < 4.78 is 10.3. The summed E-state index contributed by atoms with van der Waals surface area (Å²) in [5, 5.41) is 12.9. The summed E-state index contributed by atoms with van der Waals surface area (Å²) >= 11 is 0. The van der Waals surface area contributed by atoms with E-state index in [2.05, 4.69) is 5.32 Å². The third kappa shape index (κ3) is 3.42. The SMILES string of the molecule is COc1ccc(C(CO)Nc2cccc(OC)c2)cc1. The van der Waals surface area contributed by atoms with Crippen molar-refractivity contribution < 1.29 is 14.6 Å². The number of methoxy groups -OCH3 is 2. The first kappa shape index (κ1) is 14.2. The van der Waals surface area contributed by atoms with Gasteiger partial charge in [0, 0.05) is 11.8 Å². The molecule has 4 heteroatoms. The summed E-state index contributed by atoms with van der Waals surface area (Å²) in [7, 11) is 3.26. The van der Waals surface area contributed by atoms with E-state index in [0.717, 1.165) is 22.7 Å². The minimum Gasteiger partial charge on any atom is -0.497 e. The summed E-state index contributed by atoms with van der Waals surface area (Å²) in [6.07, 6.45) is 0. The number of rotatable bonds is 6. The Bertz CT molecular complexity index is 540. The Balaban J connectivity index is 2.14. The van der Waals surface area contributed by atoms with Crippen LogP contribution in [0.25, 0.3) is 0 Å². The Hall–Kier alpha value is -2.20. The maximum absolute atomic E-state index is 9.57. The zero-order valence-corrected chi connectivity index (χ0v) is 11.7. The lowest BCUT2D eigenvalue weighted by molar-refractivity contribution is 0.276. The number of anilines is 1. The number of hydrogen-bond donors (Lipinski definition) is 2. The van der Waals surface area contributed by atoms with E-state index in [9.17, 15) is 5.11 Å².